The van der Waals surface area contributed by atoms with Crippen LogP contribution in [0.2, 0.25) is 0 Å². The second-order valence-electron chi connectivity index (χ2n) is 4.45. The molecule has 0 aliphatic heterocycles. The van der Waals surface area contributed by atoms with Crippen LogP contribution in [0.15, 0.2) is 24.3 Å². The molecule has 1 aromatic carbocycles. The minimum atomic E-state index is -0.170. The third kappa shape index (κ3) is 5.75. The molecule has 0 aliphatic carbocycles. The van der Waals surface area contributed by atoms with Gasteiger partial charge >= 0.3 is 5.97 Å². The Kier molecular flexibility index (Phi) is 6.97. The lowest BCUT2D eigenvalue weighted by atomic mass is 10.1. The molecule has 1 aromatic rings. The van der Waals surface area contributed by atoms with Crippen molar-refractivity contribution in [1.82, 2.24) is 0 Å². The van der Waals surface area contributed by atoms with Crippen molar-refractivity contribution in [3.63, 3.8) is 0 Å². The number of para-hydroxylation sites is 1. The number of methoxy groups -OCH3 is 1. The Labute approximate surface area is 115 Å². The molecule has 0 heterocycles. The summed E-state index contributed by atoms with van der Waals surface area (Å²) < 4.78 is 10.0. The molecule has 1 atom stereocenters. The van der Waals surface area contributed by atoms with Gasteiger partial charge in [-0.2, -0.15) is 0 Å². The highest BCUT2D eigenvalue weighted by atomic mass is 16.5. The predicted octanol–water partition coefficient (Wildman–Crippen LogP) is 2.63. The molecule has 0 fully saturated rings. The van der Waals surface area contributed by atoms with Crippen LogP contribution in [0.4, 0.5) is 5.69 Å². The van der Waals surface area contributed by atoms with E-state index in [-0.39, 0.29) is 12.0 Å². The lowest BCUT2D eigenvalue weighted by Gasteiger charge is -2.17. The van der Waals surface area contributed by atoms with E-state index >= 15 is 0 Å². The minimum absolute atomic E-state index is 0.0442. The molecule has 1 unspecified atom stereocenters. The van der Waals surface area contributed by atoms with Gasteiger partial charge in [-0.3, -0.25) is 4.79 Å². The van der Waals surface area contributed by atoms with Gasteiger partial charge in [0.15, 0.2) is 0 Å². The predicted molar refractivity (Wildman–Crippen MR) is 76.4 cm³/mol. The van der Waals surface area contributed by atoms with Crippen molar-refractivity contribution >= 4 is 11.7 Å². The van der Waals surface area contributed by atoms with E-state index in [0.29, 0.717) is 19.6 Å². The maximum absolute atomic E-state index is 11.4. The number of benzene rings is 1. The fourth-order valence-electron chi connectivity index (χ4n) is 1.88. The third-order valence-corrected chi connectivity index (χ3v) is 2.77. The van der Waals surface area contributed by atoms with Crippen LogP contribution in [0.5, 0.6) is 0 Å². The van der Waals surface area contributed by atoms with Crippen molar-refractivity contribution in [2.24, 2.45) is 0 Å². The van der Waals surface area contributed by atoms with Crippen LogP contribution in [-0.2, 0) is 20.7 Å². The maximum atomic E-state index is 11.4. The molecule has 19 heavy (non-hydrogen) atoms. The maximum Gasteiger partial charge on any atom is 0.307 e. The third-order valence-electron chi connectivity index (χ3n) is 2.77. The first-order chi connectivity index (χ1) is 9.17. The number of anilines is 1. The molecular weight excluding hydrogens is 242 g/mol. The number of nitrogens with one attached hydrogen (secondary N) is 1. The quantitative estimate of drug-likeness (QED) is 0.734. The van der Waals surface area contributed by atoms with Crippen LogP contribution >= 0.6 is 0 Å². The zero-order valence-electron chi connectivity index (χ0n) is 11.9. The summed E-state index contributed by atoms with van der Waals surface area (Å²) in [5.41, 5.74) is 2.25. The van der Waals surface area contributed by atoms with E-state index in [4.69, 9.17) is 9.47 Å². The highest BCUT2D eigenvalue weighted by molar-refractivity contribution is 5.70. The minimum Gasteiger partial charge on any atom is -0.466 e. The van der Waals surface area contributed by atoms with E-state index < -0.39 is 0 Å². The number of carbonyl (C=O) groups excluding carboxylic acids is 1. The Morgan fingerprint density at radius 1 is 1.37 bits per heavy atom. The molecule has 0 spiro atoms. The topological polar surface area (TPSA) is 47.6 Å². The van der Waals surface area contributed by atoms with Crippen LogP contribution in [-0.4, -0.2) is 32.3 Å². The lowest BCUT2D eigenvalue weighted by Crippen LogP contribution is -2.21. The zero-order chi connectivity index (χ0) is 14.1. The number of ether oxygens (including phenoxy) is 2. The monoisotopic (exact) mass is 265 g/mol. The van der Waals surface area contributed by atoms with Crippen molar-refractivity contribution in [3.05, 3.63) is 29.8 Å². The molecule has 0 aliphatic rings. The van der Waals surface area contributed by atoms with E-state index in [0.717, 1.165) is 12.1 Å². The standard InChI is InChI=1S/C15H23NO3/c1-4-19-15(17)11-12(2)16-14-8-6-5-7-13(14)9-10-18-3/h5-8,12,16H,4,9-11H2,1-3H3. The Balaban J connectivity index is 2.57. The van der Waals surface area contributed by atoms with E-state index in [1.807, 2.05) is 32.0 Å². The SMILES string of the molecule is CCOC(=O)CC(C)Nc1ccccc1CCOC. The van der Waals surface area contributed by atoms with Crippen LogP contribution in [0.25, 0.3) is 0 Å². The Morgan fingerprint density at radius 2 is 2.11 bits per heavy atom. The Bertz CT molecular complexity index is 393. The van der Waals surface area contributed by atoms with Crippen molar-refractivity contribution in [2.45, 2.75) is 32.7 Å². The van der Waals surface area contributed by atoms with Gasteiger partial charge in [0.1, 0.15) is 0 Å². The fourth-order valence-corrected chi connectivity index (χ4v) is 1.88. The van der Waals surface area contributed by atoms with Crippen LogP contribution < -0.4 is 5.32 Å². The molecule has 0 bridgehead atoms. The summed E-state index contributed by atoms with van der Waals surface area (Å²) >= 11 is 0. The van der Waals surface area contributed by atoms with Crippen LogP contribution in [0.1, 0.15) is 25.8 Å². The molecule has 0 radical (unpaired) electrons. The molecule has 106 valence electrons. The first-order valence-corrected chi connectivity index (χ1v) is 6.66. The van der Waals surface area contributed by atoms with Gasteiger partial charge in [-0.1, -0.05) is 18.2 Å². The summed E-state index contributed by atoms with van der Waals surface area (Å²) in [4.78, 5) is 11.4. The van der Waals surface area contributed by atoms with Gasteiger partial charge < -0.3 is 14.8 Å². The summed E-state index contributed by atoms with van der Waals surface area (Å²) in [6.45, 7) is 4.90. The first-order valence-electron chi connectivity index (χ1n) is 6.66. The Hall–Kier alpha value is -1.55. The van der Waals surface area contributed by atoms with Crippen molar-refractivity contribution in [2.75, 3.05) is 25.6 Å². The summed E-state index contributed by atoms with van der Waals surface area (Å²) in [5.74, 6) is -0.170. The summed E-state index contributed by atoms with van der Waals surface area (Å²) in [5, 5.41) is 3.35. The lowest BCUT2D eigenvalue weighted by molar-refractivity contribution is -0.143. The van der Waals surface area contributed by atoms with Gasteiger partial charge in [-0.25, -0.2) is 0 Å². The number of esters is 1. The summed E-state index contributed by atoms with van der Waals surface area (Å²) in [6, 6.07) is 8.12. The van der Waals surface area contributed by atoms with E-state index in [1.165, 1.54) is 5.56 Å². The molecular formula is C15H23NO3. The van der Waals surface area contributed by atoms with E-state index in [1.54, 1.807) is 7.11 Å². The zero-order valence-corrected chi connectivity index (χ0v) is 11.9. The Morgan fingerprint density at radius 3 is 2.79 bits per heavy atom. The second-order valence-corrected chi connectivity index (χ2v) is 4.45. The highest BCUT2D eigenvalue weighted by Crippen LogP contribution is 2.17. The van der Waals surface area contributed by atoms with Gasteiger partial charge in [0.2, 0.25) is 0 Å². The normalized spacial score (nSPS) is 11.9. The fraction of sp³-hybridized carbons (Fsp3) is 0.533. The number of hydrogen-bond donors (Lipinski definition) is 1. The molecule has 0 saturated carbocycles. The molecule has 0 amide bonds. The van der Waals surface area contributed by atoms with Gasteiger partial charge in [0.25, 0.3) is 0 Å². The van der Waals surface area contributed by atoms with Crippen LogP contribution in [0, 0.1) is 0 Å². The van der Waals surface area contributed by atoms with E-state index in [9.17, 15) is 4.79 Å². The molecule has 0 saturated heterocycles. The van der Waals surface area contributed by atoms with Crippen molar-refractivity contribution < 1.29 is 14.3 Å². The first kappa shape index (κ1) is 15.5. The summed E-state index contributed by atoms with van der Waals surface area (Å²) in [6.07, 6.45) is 1.22. The molecule has 1 rings (SSSR count). The second kappa shape index (κ2) is 8.53. The number of carbonyl (C=O) groups is 1. The van der Waals surface area contributed by atoms with Crippen molar-refractivity contribution in [1.29, 1.82) is 0 Å². The number of hydrogen-bond acceptors (Lipinski definition) is 4. The van der Waals surface area contributed by atoms with Gasteiger partial charge in [-0.05, 0) is 31.9 Å². The van der Waals surface area contributed by atoms with Crippen molar-refractivity contribution in [3.8, 4) is 0 Å². The molecule has 1 N–H and O–H groups in total. The molecule has 0 aromatic heterocycles. The smallest absolute Gasteiger partial charge is 0.307 e. The molecule has 4 nitrogen and oxygen atoms in total. The highest BCUT2D eigenvalue weighted by Gasteiger charge is 2.11. The molecule has 4 heteroatoms. The van der Waals surface area contributed by atoms with Crippen LogP contribution in [0.3, 0.4) is 0 Å². The number of rotatable bonds is 8. The average molecular weight is 265 g/mol. The summed E-state index contributed by atoms with van der Waals surface area (Å²) in [7, 11) is 1.69. The van der Waals surface area contributed by atoms with Gasteiger partial charge in [0, 0.05) is 18.8 Å². The largest absolute Gasteiger partial charge is 0.466 e. The van der Waals surface area contributed by atoms with E-state index in [2.05, 4.69) is 11.4 Å². The average Bonchev–Trinajstić information content (AvgIpc) is 2.37. The van der Waals surface area contributed by atoms with Gasteiger partial charge in [0.05, 0.1) is 19.6 Å². The van der Waals surface area contributed by atoms with Gasteiger partial charge in [-0.15, -0.1) is 0 Å².